The van der Waals surface area contributed by atoms with E-state index in [1.54, 1.807) is 24.3 Å². The van der Waals surface area contributed by atoms with Gasteiger partial charge in [0.2, 0.25) is 0 Å². The summed E-state index contributed by atoms with van der Waals surface area (Å²) < 4.78 is 10.7. The molecule has 166 valence electrons. The number of ether oxygens (including phenoxy) is 1. The Morgan fingerprint density at radius 3 is 2.58 bits per heavy atom. The number of aliphatic hydroxyl groups excluding tert-OH is 1. The molecule has 0 bridgehead atoms. The van der Waals surface area contributed by atoms with Gasteiger partial charge >= 0.3 is 0 Å². The van der Waals surface area contributed by atoms with Gasteiger partial charge in [-0.25, -0.2) is 0 Å². The SMILES string of the molecule is CCN(CC)CCCN1C(=O)C(=O)C(=C(O)c2ccc(OC)c(Cl)c2)[C@H]1c1ccco1. The predicted molar refractivity (Wildman–Crippen MR) is 118 cm³/mol. The fourth-order valence-corrected chi connectivity index (χ4v) is 4.08. The minimum Gasteiger partial charge on any atom is -0.507 e. The molecule has 1 atom stereocenters. The summed E-state index contributed by atoms with van der Waals surface area (Å²) in [5.41, 5.74) is 0.313. The molecule has 1 N–H and O–H groups in total. The molecule has 1 aromatic carbocycles. The molecule has 8 heteroatoms. The average Bonchev–Trinajstić information content (AvgIpc) is 3.38. The number of aliphatic hydroxyl groups is 1. The molecule has 31 heavy (non-hydrogen) atoms. The van der Waals surface area contributed by atoms with Crippen molar-refractivity contribution < 1.29 is 23.8 Å². The molecule has 2 heterocycles. The van der Waals surface area contributed by atoms with Crippen molar-refractivity contribution in [3.63, 3.8) is 0 Å². The van der Waals surface area contributed by atoms with Crippen molar-refractivity contribution in [2.45, 2.75) is 26.3 Å². The molecular formula is C23H27ClN2O5. The first-order valence-corrected chi connectivity index (χ1v) is 10.7. The Hall–Kier alpha value is -2.77. The van der Waals surface area contributed by atoms with Gasteiger partial charge in [-0.2, -0.15) is 0 Å². The lowest BCUT2D eigenvalue weighted by Gasteiger charge is -2.25. The number of ketones is 1. The lowest BCUT2D eigenvalue weighted by molar-refractivity contribution is -0.140. The smallest absolute Gasteiger partial charge is 0.295 e. The molecule has 0 radical (unpaired) electrons. The molecular weight excluding hydrogens is 420 g/mol. The number of nitrogens with zero attached hydrogens (tertiary/aromatic N) is 2. The van der Waals surface area contributed by atoms with Gasteiger partial charge in [0.1, 0.15) is 23.3 Å². The standard InChI is InChI=1S/C23H27ClN2O5/c1-4-25(5-2)11-7-12-26-20(18-8-6-13-31-18)19(22(28)23(26)29)21(27)15-9-10-17(30-3)16(24)14-15/h6,8-10,13-14,20,27H,4-5,7,11-12H2,1-3H3/t20-/m1/s1. The second-order valence-corrected chi connectivity index (χ2v) is 7.64. The van der Waals surface area contributed by atoms with E-state index in [9.17, 15) is 14.7 Å². The summed E-state index contributed by atoms with van der Waals surface area (Å²) in [4.78, 5) is 29.5. The van der Waals surface area contributed by atoms with Crippen molar-refractivity contribution >= 4 is 29.1 Å². The van der Waals surface area contributed by atoms with Crippen LogP contribution in [0.15, 0.2) is 46.6 Å². The number of carbonyl (C=O) groups is 2. The second-order valence-electron chi connectivity index (χ2n) is 7.24. The van der Waals surface area contributed by atoms with Crippen LogP contribution in [0.25, 0.3) is 5.76 Å². The third kappa shape index (κ3) is 4.62. The fourth-order valence-electron chi connectivity index (χ4n) is 3.83. The molecule has 0 saturated carbocycles. The monoisotopic (exact) mass is 446 g/mol. The number of rotatable bonds is 9. The molecule has 0 unspecified atom stereocenters. The van der Waals surface area contributed by atoms with Crippen LogP contribution in [-0.4, -0.2) is 59.9 Å². The Kier molecular flexibility index (Phi) is 7.41. The molecule has 1 aliphatic heterocycles. The van der Waals surface area contributed by atoms with E-state index in [-0.39, 0.29) is 16.4 Å². The van der Waals surface area contributed by atoms with E-state index in [0.29, 0.717) is 30.0 Å². The zero-order chi connectivity index (χ0) is 22.5. The third-order valence-electron chi connectivity index (χ3n) is 5.55. The van der Waals surface area contributed by atoms with Crippen molar-refractivity contribution in [1.82, 2.24) is 9.80 Å². The van der Waals surface area contributed by atoms with Gasteiger partial charge in [0.05, 0.1) is 24.0 Å². The maximum Gasteiger partial charge on any atom is 0.295 e. The quantitative estimate of drug-likeness (QED) is 0.355. The first-order valence-electron chi connectivity index (χ1n) is 10.3. The molecule has 3 rings (SSSR count). The Morgan fingerprint density at radius 1 is 1.26 bits per heavy atom. The highest BCUT2D eigenvalue weighted by molar-refractivity contribution is 6.46. The number of hydrogen-bond acceptors (Lipinski definition) is 6. The van der Waals surface area contributed by atoms with Crippen LogP contribution < -0.4 is 4.74 Å². The summed E-state index contributed by atoms with van der Waals surface area (Å²) in [5.74, 6) is -0.827. The van der Waals surface area contributed by atoms with E-state index in [1.165, 1.54) is 24.3 Å². The number of methoxy groups -OCH3 is 1. The molecule has 1 saturated heterocycles. The van der Waals surface area contributed by atoms with Gasteiger partial charge < -0.3 is 24.1 Å². The Bertz CT molecular complexity index is 966. The van der Waals surface area contributed by atoms with Crippen LogP contribution in [0.2, 0.25) is 5.02 Å². The van der Waals surface area contributed by atoms with Gasteiger partial charge in [0, 0.05) is 12.1 Å². The van der Waals surface area contributed by atoms with E-state index >= 15 is 0 Å². The molecule has 0 spiro atoms. The topological polar surface area (TPSA) is 83.2 Å². The van der Waals surface area contributed by atoms with Gasteiger partial charge in [-0.05, 0) is 56.4 Å². The second kappa shape index (κ2) is 10.0. The highest BCUT2D eigenvalue weighted by Crippen LogP contribution is 2.40. The van der Waals surface area contributed by atoms with Crippen molar-refractivity contribution in [1.29, 1.82) is 0 Å². The zero-order valence-electron chi connectivity index (χ0n) is 17.9. The van der Waals surface area contributed by atoms with Crippen molar-refractivity contribution in [3.8, 4) is 5.75 Å². The lowest BCUT2D eigenvalue weighted by atomic mass is 9.99. The maximum atomic E-state index is 12.9. The van der Waals surface area contributed by atoms with Crippen LogP contribution in [0, 0.1) is 0 Å². The van der Waals surface area contributed by atoms with Crippen molar-refractivity contribution in [3.05, 3.63) is 58.5 Å². The van der Waals surface area contributed by atoms with Gasteiger partial charge in [0.15, 0.2) is 0 Å². The predicted octanol–water partition coefficient (Wildman–Crippen LogP) is 4.10. The molecule has 0 aliphatic carbocycles. The molecule has 1 aromatic heterocycles. The first-order chi connectivity index (χ1) is 14.9. The number of likely N-dealkylation sites (tertiary alicyclic amines) is 1. The normalized spacial score (nSPS) is 18.2. The van der Waals surface area contributed by atoms with Gasteiger partial charge in [-0.1, -0.05) is 25.4 Å². The molecule has 1 amide bonds. The Morgan fingerprint density at radius 2 is 2.00 bits per heavy atom. The van der Waals surface area contributed by atoms with Crippen LogP contribution in [0.3, 0.4) is 0 Å². The largest absolute Gasteiger partial charge is 0.507 e. The van der Waals surface area contributed by atoms with E-state index in [1.807, 2.05) is 0 Å². The van der Waals surface area contributed by atoms with Crippen molar-refractivity contribution in [2.24, 2.45) is 0 Å². The number of Topliss-reactive ketones (excluding diaryl/α,β-unsaturated/α-hetero) is 1. The highest BCUT2D eigenvalue weighted by atomic mass is 35.5. The van der Waals surface area contributed by atoms with Crippen molar-refractivity contribution in [2.75, 3.05) is 33.3 Å². The molecule has 1 aliphatic rings. The minimum atomic E-state index is -0.799. The number of amides is 1. The summed E-state index contributed by atoms with van der Waals surface area (Å²) >= 11 is 6.19. The zero-order valence-corrected chi connectivity index (χ0v) is 18.7. The van der Waals surface area contributed by atoms with Crippen LogP contribution in [0.5, 0.6) is 5.75 Å². The van der Waals surface area contributed by atoms with Gasteiger partial charge in [-0.3, -0.25) is 9.59 Å². The number of hydrogen-bond donors (Lipinski definition) is 1. The summed E-state index contributed by atoms with van der Waals surface area (Å²) in [6.07, 6.45) is 2.18. The molecule has 7 nitrogen and oxygen atoms in total. The van der Waals surface area contributed by atoms with Crippen LogP contribution in [-0.2, 0) is 9.59 Å². The number of halogens is 1. The van der Waals surface area contributed by atoms with Crippen LogP contribution in [0.4, 0.5) is 0 Å². The van der Waals surface area contributed by atoms with E-state index < -0.39 is 17.7 Å². The fraction of sp³-hybridized carbons (Fsp3) is 0.391. The maximum absolute atomic E-state index is 12.9. The Labute approximate surface area is 186 Å². The van der Waals surface area contributed by atoms with Crippen LogP contribution >= 0.6 is 11.6 Å². The van der Waals surface area contributed by atoms with Crippen LogP contribution in [0.1, 0.15) is 37.6 Å². The van der Waals surface area contributed by atoms with E-state index in [0.717, 1.165) is 19.6 Å². The van der Waals surface area contributed by atoms with E-state index in [2.05, 4.69) is 18.7 Å². The first kappa shape index (κ1) is 22.9. The summed E-state index contributed by atoms with van der Waals surface area (Å²) in [6, 6.07) is 7.28. The number of carbonyl (C=O) groups excluding carboxylic acids is 2. The third-order valence-corrected chi connectivity index (χ3v) is 5.84. The van der Waals surface area contributed by atoms with E-state index in [4.69, 9.17) is 20.8 Å². The Balaban J connectivity index is 1.98. The lowest BCUT2D eigenvalue weighted by Crippen LogP contribution is -2.33. The average molecular weight is 447 g/mol. The van der Waals surface area contributed by atoms with Gasteiger partial charge in [-0.15, -0.1) is 0 Å². The minimum absolute atomic E-state index is 0.0102. The summed E-state index contributed by atoms with van der Waals surface area (Å²) in [6.45, 7) is 7.16. The summed E-state index contributed by atoms with van der Waals surface area (Å²) in [7, 11) is 1.49. The van der Waals surface area contributed by atoms with Gasteiger partial charge in [0.25, 0.3) is 11.7 Å². The molecule has 1 fully saturated rings. The summed E-state index contributed by atoms with van der Waals surface area (Å²) in [5, 5.41) is 11.3. The molecule has 2 aromatic rings. The number of benzene rings is 1. The highest BCUT2D eigenvalue weighted by Gasteiger charge is 2.47. The number of furan rings is 1.